The minimum absolute atomic E-state index is 0.0112. The molecular weight excluding hydrogens is 333 g/mol. The number of carbonyl (C=O) groups is 1. The first-order chi connectivity index (χ1) is 7.81. The first kappa shape index (κ1) is 14.2. The van der Waals surface area contributed by atoms with E-state index in [0.717, 1.165) is 9.13 Å². The van der Waals surface area contributed by atoms with Crippen LogP contribution < -0.4 is 5.32 Å². The fourth-order valence-corrected chi connectivity index (χ4v) is 1.89. The number of rotatable bonds is 2. The lowest BCUT2D eigenvalue weighted by Crippen LogP contribution is -2.27. The molecular formula is C12H16INO3. The summed E-state index contributed by atoms with van der Waals surface area (Å²) in [4.78, 5) is 11.5. The number of aliphatic hydroxyl groups is 1. The standard InChI is InChI=1S/C12H16INO3/c1-12(2,3)17-11(16)14-10-5-4-8(7-15)6-9(10)13/h4-6,15H,7H2,1-3H3,(H,14,16). The molecule has 0 fully saturated rings. The Labute approximate surface area is 115 Å². The highest BCUT2D eigenvalue weighted by molar-refractivity contribution is 14.1. The molecule has 0 atom stereocenters. The van der Waals surface area contributed by atoms with Gasteiger partial charge in [-0.15, -0.1) is 0 Å². The summed E-state index contributed by atoms with van der Waals surface area (Å²) in [6.45, 7) is 5.42. The quantitative estimate of drug-likeness (QED) is 0.807. The Bertz CT molecular complexity index is 413. The van der Waals surface area contributed by atoms with Gasteiger partial charge < -0.3 is 9.84 Å². The van der Waals surface area contributed by atoms with E-state index in [1.54, 1.807) is 12.1 Å². The second-order valence-corrected chi connectivity index (χ2v) is 5.76. The molecule has 0 saturated carbocycles. The van der Waals surface area contributed by atoms with E-state index >= 15 is 0 Å². The van der Waals surface area contributed by atoms with Crippen LogP contribution in [0.25, 0.3) is 0 Å². The van der Waals surface area contributed by atoms with Gasteiger partial charge in [0, 0.05) is 3.57 Å². The summed E-state index contributed by atoms with van der Waals surface area (Å²) in [5.74, 6) is 0. The van der Waals surface area contributed by atoms with Crippen LogP contribution in [0.2, 0.25) is 0 Å². The van der Waals surface area contributed by atoms with Crippen LogP contribution in [0.5, 0.6) is 0 Å². The summed E-state index contributed by atoms with van der Waals surface area (Å²) in [5, 5.41) is 11.6. The first-order valence-corrected chi connectivity index (χ1v) is 6.29. The van der Waals surface area contributed by atoms with Gasteiger partial charge in [0.15, 0.2) is 0 Å². The van der Waals surface area contributed by atoms with Gasteiger partial charge in [0.1, 0.15) is 5.60 Å². The zero-order valence-corrected chi connectivity index (χ0v) is 12.2. The lowest BCUT2D eigenvalue weighted by molar-refractivity contribution is 0.0636. The van der Waals surface area contributed by atoms with Crippen molar-refractivity contribution in [2.24, 2.45) is 0 Å². The lowest BCUT2D eigenvalue weighted by Gasteiger charge is -2.20. The summed E-state index contributed by atoms with van der Waals surface area (Å²) < 4.78 is 6.01. The Morgan fingerprint density at radius 1 is 1.47 bits per heavy atom. The molecule has 0 bridgehead atoms. The Morgan fingerprint density at radius 2 is 2.12 bits per heavy atom. The maximum absolute atomic E-state index is 11.5. The smallest absolute Gasteiger partial charge is 0.412 e. The van der Waals surface area contributed by atoms with Gasteiger partial charge in [0.05, 0.1) is 12.3 Å². The second-order valence-electron chi connectivity index (χ2n) is 4.60. The Balaban J connectivity index is 2.72. The highest BCUT2D eigenvalue weighted by Crippen LogP contribution is 2.20. The molecule has 0 aliphatic rings. The van der Waals surface area contributed by atoms with Gasteiger partial charge in [-0.2, -0.15) is 0 Å². The Kier molecular flexibility index (Phi) is 4.76. The van der Waals surface area contributed by atoms with Crippen LogP contribution in [-0.4, -0.2) is 16.8 Å². The third-order valence-corrected chi connectivity index (χ3v) is 2.74. The van der Waals surface area contributed by atoms with Crippen molar-refractivity contribution < 1.29 is 14.6 Å². The summed E-state index contributed by atoms with van der Waals surface area (Å²) >= 11 is 2.10. The minimum Gasteiger partial charge on any atom is -0.444 e. The molecule has 1 aromatic rings. The molecule has 0 heterocycles. The highest BCUT2D eigenvalue weighted by atomic mass is 127. The van der Waals surface area contributed by atoms with Crippen molar-refractivity contribution in [2.75, 3.05) is 5.32 Å². The number of ether oxygens (including phenoxy) is 1. The van der Waals surface area contributed by atoms with Gasteiger partial charge in [0.25, 0.3) is 0 Å². The molecule has 1 amide bonds. The van der Waals surface area contributed by atoms with Crippen LogP contribution in [0, 0.1) is 3.57 Å². The van der Waals surface area contributed by atoms with E-state index in [-0.39, 0.29) is 6.61 Å². The molecule has 0 aromatic heterocycles. The maximum Gasteiger partial charge on any atom is 0.412 e. The van der Waals surface area contributed by atoms with Crippen LogP contribution in [0.15, 0.2) is 18.2 Å². The number of nitrogens with one attached hydrogen (secondary N) is 1. The van der Waals surface area contributed by atoms with E-state index in [1.165, 1.54) is 0 Å². The molecule has 94 valence electrons. The van der Waals surface area contributed by atoms with Crippen LogP contribution in [0.4, 0.5) is 10.5 Å². The molecule has 0 spiro atoms. The van der Waals surface area contributed by atoms with Crippen molar-refractivity contribution in [1.82, 2.24) is 0 Å². The van der Waals surface area contributed by atoms with Crippen molar-refractivity contribution in [1.29, 1.82) is 0 Å². The zero-order chi connectivity index (χ0) is 13.1. The molecule has 1 aromatic carbocycles. The molecule has 0 aliphatic heterocycles. The maximum atomic E-state index is 11.5. The number of anilines is 1. The number of halogens is 1. The summed E-state index contributed by atoms with van der Waals surface area (Å²) in [6, 6.07) is 5.32. The number of amides is 1. The van der Waals surface area contributed by atoms with Crippen molar-refractivity contribution in [3.63, 3.8) is 0 Å². The molecule has 0 radical (unpaired) electrons. The molecule has 17 heavy (non-hydrogen) atoms. The second kappa shape index (κ2) is 5.68. The van der Waals surface area contributed by atoms with Crippen LogP contribution in [-0.2, 0) is 11.3 Å². The van der Waals surface area contributed by atoms with E-state index < -0.39 is 11.7 Å². The van der Waals surface area contributed by atoms with E-state index in [2.05, 4.69) is 27.9 Å². The van der Waals surface area contributed by atoms with Crippen LogP contribution in [0.3, 0.4) is 0 Å². The SMILES string of the molecule is CC(C)(C)OC(=O)Nc1ccc(CO)cc1I. The predicted molar refractivity (Wildman–Crippen MR) is 74.9 cm³/mol. The number of carbonyl (C=O) groups excluding carboxylic acids is 1. The topological polar surface area (TPSA) is 58.6 Å². The van der Waals surface area contributed by atoms with Crippen molar-refractivity contribution in [2.45, 2.75) is 33.0 Å². The van der Waals surface area contributed by atoms with Crippen molar-refractivity contribution >= 4 is 34.4 Å². The average Bonchev–Trinajstić information content (AvgIpc) is 2.18. The monoisotopic (exact) mass is 349 g/mol. The molecule has 4 nitrogen and oxygen atoms in total. The summed E-state index contributed by atoms with van der Waals surface area (Å²) in [7, 11) is 0. The van der Waals surface area contributed by atoms with E-state index in [4.69, 9.17) is 9.84 Å². The number of benzene rings is 1. The van der Waals surface area contributed by atoms with Crippen LogP contribution >= 0.6 is 22.6 Å². The van der Waals surface area contributed by atoms with Gasteiger partial charge in [-0.05, 0) is 61.1 Å². The van der Waals surface area contributed by atoms with Crippen LogP contribution in [0.1, 0.15) is 26.3 Å². The van der Waals surface area contributed by atoms with E-state index in [9.17, 15) is 4.79 Å². The summed E-state index contributed by atoms with van der Waals surface area (Å²) in [5.41, 5.74) is 0.974. The molecule has 0 unspecified atom stereocenters. The molecule has 2 N–H and O–H groups in total. The Hall–Kier alpha value is -0.820. The Morgan fingerprint density at radius 3 is 2.59 bits per heavy atom. The molecule has 5 heteroatoms. The first-order valence-electron chi connectivity index (χ1n) is 5.21. The zero-order valence-electron chi connectivity index (χ0n) is 10.1. The molecule has 0 saturated heterocycles. The largest absolute Gasteiger partial charge is 0.444 e. The fourth-order valence-electron chi connectivity index (χ4n) is 1.17. The van der Waals surface area contributed by atoms with Crippen molar-refractivity contribution in [3.8, 4) is 0 Å². The summed E-state index contributed by atoms with van der Waals surface area (Å²) in [6.07, 6.45) is -0.479. The number of hydrogen-bond acceptors (Lipinski definition) is 3. The lowest BCUT2D eigenvalue weighted by atomic mass is 10.2. The third-order valence-electron chi connectivity index (χ3n) is 1.85. The number of aliphatic hydroxyl groups excluding tert-OH is 1. The minimum atomic E-state index is -0.513. The van der Waals surface area contributed by atoms with Gasteiger partial charge >= 0.3 is 6.09 Å². The van der Waals surface area contributed by atoms with Gasteiger partial charge in [0.2, 0.25) is 0 Å². The molecule has 1 rings (SSSR count). The van der Waals surface area contributed by atoms with E-state index in [0.29, 0.717) is 5.69 Å². The van der Waals surface area contributed by atoms with E-state index in [1.807, 2.05) is 26.8 Å². The van der Waals surface area contributed by atoms with Gasteiger partial charge in [-0.1, -0.05) is 6.07 Å². The van der Waals surface area contributed by atoms with Crippen molar-refractivity contribution in [3.05, 3.63) is 27.3 Å². The fraction of sp³-hybridized carbons (Fsp3) is 0.417. The third kappa shape index (κ3) is 4.91. The van der Waals surface area contributed by atoms with Gasteiger partial charge in [-0.3, -0.25) is 5.32 Å². The van der Waals surface area contributed by atoms with Gasteiger partial charge in [-0.25, -0.2) is 4.79 Å². The average molecular weight is 349 g/mol. The highest BCUT2D eigenvalue weighted by Gasteiger charge is 2.16. The number of hydrogen-bond donors (Lipinski definition) is 2. The normalized spacial score (nSPS) is 11.1. The molecule has 0 aliphatic carbocycles. The predicted octanol–water partition coefficient (Wildman–Crippen LogP) is 3.13.